The van der Waals surface area contributed by atoms with Crippen molar-refractivity contribution in [2.45, 2.75) is 51.7 Å². The van der Waals surface area contributed by atoms with E-state index in [4.69, 9.17) is 0 Å². The first kappa shape index (κ1) is 14.4. The van der Waals surface area contributed by atoms with Crippen LogP contribution in [0.15, 0.2) is 24.3 Å². The third-order valence-electron chi connectivity index (χ3n) is 3.81. The van der Waals surface area contributed by atoms with Gasteiger partial charge in [0.2, 0.25) is 0 Å². The molecule has 1 aliphatic heterocycles. The zero-order valence-electron chi connectivity index (χ0n) is 12.1. The second-order valence-electron chi connectivity index (χ2n) is 5.85. The lowest BCUT2D eigenvalue weighted by Gasteiger charge is -2.36. The zero-order chi connectivity index (χ0) is 13.7. The molecule has 0 bridgehead atoms. The van der Waals surface area contributed by atoms with Gasteiger partial charge >= 0.3 is 0 Å². The summed E-state index contributed by atoms with van der Waals surface area (Å²) in [6.07, 6.45) is 3.90. The van der Waals surface area contributed by atoms with Crippen LogP contribution in [0.3, 0.4) is 0 Å². The molecule has 0 aliphatic carbocycles. The van der Waals surface area contributed by atoms with Crippen LogP contribution < -0.4 is 5.32 Å². The molecule has 3 nitrogen and oxygen atoms in total. The number of phenols is 1. The highest BCUT2D eigenvalue weighted by Gasteiger charge is 2.22. The summed E-state index contributed by atoms with van der Waals surface area (Å²) >= 11 is 0. The van der Waals surface area contributed by atoms with Gasteiger partial charge in [0.25, 0.3) is 0 Å². The summed E-state index contributed by atoms with van der Waals surface area (Å²) in [4.78, 5) is 2.55. The first-order valence-corrected chi connectivity index (χ1v) is 7.40. The fourth-order valence-electron chi connectivity index (χ4n) is 2.76. The van der Waals surface area contributed by atoms with Crippen LogP contribution in [-0.2, 0) is 6.54 Å². The molecule has 0 aromatic heterocycles. The number of piperidine rings is 1. The maximum absolute atomic E-state index is 9.55. The molecule has 1 atom stereocenters. The molecule has 0 spiro atoms. The van der Waals surface area contributed by atoms with Crippen LogP contribution in [0.2, 0.25) is 0 Å². The number of hydrogen-bond acceptors (Lipinski definition) is 3. The molecule has 1 aromatic carbocycles. The predicted octanol–water partition coefficient (Wildman–Crippen LogP) is 2.74. The average Bonchev–Trinajstić information content (AvgIpc) is 2.38. The summed E-state index contributed by atoms with van der Waals surface area (Å²) < 4.78 is 0. The highest BCUT2D eigenvalue weighted by molar-refractivity contribution is 5.27. The Balaban J connectivity index is 1.95. The van der Waals surface area contributed by atoms with E-state index in [9.17, 15) is 5.11 Å². The first-order valence-electron chi connectivity index (χ1n) is 7.40. The minimum Gasteiger partial charge on any atom is -0.508 e. The van der Waals surface area contributed by atoms with Gasteiger partial charge in [-0.2, -0.15) is 0 Å². The van der Waals surface area contributed by atoms with Gasteiger partial charge in [-0.25, -0.2) is 0 Å². The molecule has 1 heterocycles. The largest absolute Gasteiger partial charge is 0.508 e. The van der Waals surface area contributed by atoms with Crippen molar-refractivity contribution in [3.8, 4) is 5.75 Å². The molecule has 2 rings (SSSR count). The second-order valence-corrected chi connectivity index (χ2v) is 5.85. The van der Waals surface area contributed by atoms with E-state index in [1.54, 1.807) is 6.07 Å². The molecule has 1 unspecified atom stereocenters. The smallest absolute Gasteiger partial charge is 0.115 e. The minimum atomic E-state index is 0.367. The van der Waals surface area contributed by atoms with E-state index in [1.165, 1.54) is 31.4 Å². The highest BCUT2D eigenvalue weighted by atomic mass is 16.3. The van der Waals surface area contributed by atoms with Gasteiger partial charge in [0, 0.05) is 25.2 Å². The molecule has 1 aliphatic rings. The molecular formula is C16H26N2O. The van der Waals surface area contributed by atoms with Gasteiger partial charge in [0.15, 0.2) is 0 Å². The Morgan fingerprint density at radius 2 is 2.21 bits per heavy atom. The van der Waals surface area contributed by atoms with Gasteiger partial charge in [-0.05, 0) is 37.1 Å². The van der Waals surface area contributed by atoms with Gasteiger partial charge in [-0.1, -0.05) is 32.4 Å². The van der Waals surface area contributed by atoms with Gasteiger partial charge in [-0.3, -0.25) is 4.90 Å². The van der Waals surface area contributed by atoms with Crippen LogP contribution >= 0.6 is 0 Å². The summed E-state index contributed by atoms with van der Waals surface area (Å²) in [5.41, 5.74) is 1.21. The Kier molecular flexibility index (Phi) is 5.23. The van der Waals surface area contributed by atoms with E-state index in [0.29, 0.717) is 17.8 Å². The van der Waals surface area contributed by atoms with Crippen molar-refractivity contribution in [1.82, 2.24) is 10.2 Å². The predicted molar refractivity (Wildman–Crippen MR) is 79.3 cm³/mol. The molecule has 0 amide bonds. The van der Waals surface area contributed by atoms with Gasteiger partial charge in [0.1, 0.15) is 5.75 Å². The van der Waals surface area contributed by atoms with Gasteiger partial charge < -0.3 is 10.4 Å². The fraction of sp³-hybridized carbons (Fsp3) is 0.625. The topological polar surface area (TPSA) is 35.5 Å². The van der Waals surface area contributed by atoms with Crippen LogP contribution in [0, 0.1) is 0 Å². The van der Waals surface area contributed by atoms with Gasteiger partial charge in [-0.15, -0.1) is 0 Å². The van der Waals surface area contributed by atoms with Crippen LogP contribution in [0.4, 0.5) is 0 Å². The second kappa shape index (κ2) is 6.92. The Morgan fingerprint density at radius 3 is 2.95 bits per heavy atom. The van der Waals surface area contributed by atoms with Crippen molar-refractivity contribution in [2.24, 2.45) is 0 Å². The van der Waals surface area contributed by atoms with Crippen molar-refractivity contribution in [3.05, 3.63) is 29.8 Å². The monoisotopic (exact) mass is 262 g/mol. The SMILES string of the molecule is CC(C)NCC1CCCCN1Cc1cccc(O)c1. The molecule has 1 saturated heterocycles. The Bertz CT molecular complexity index is 392. The van der Waals surface area contributed by atoms with Crippen molar-refractivity contribution < 1.29 is 5.11 Å². The maximum atomic E-state index is 9.55. The standard InChI is InChI=1S/C16H26N2O/c1-13(2)17-11-15-7-3-4-9-18(15)12-14-6-5-8-16(19)10-14/h5-6,8,10,13,15,17,19H,3-4,7,9,11-12H2,1-2H3. The molecule has 1 fully saturated rings. The zero-order valence-corrected chi connectivity index (χ0v) is 12.1. The van der Waals surface area contributed by atoms with Crippen molar-refractivity contribution in [1.29, 1.82) is 0 Å². The van der Waals surface area contributed by atoms with E-state index in [0.717, 1.165) is 13.1 Å². The molecule has 1 aromatic rings. The molecular weight excluding hydrogens is 236 g/mol. The van der Waals surface area contributed by atoms with E-state index in [1.807, 2.05) is 12.1 Å². The number of hydrogen-bond donors (Lipinski definition) is 2. The molecule has 106 valence electrons. The third-order valence-corrected chi connectivity index (χ3v) is 3.81. The Labute approximate surface area is 116 Å². The number of phenolic OH excluding ortho intramolecular Hbond substituents is 1. The quantitative estimate of drug-likeness (QED) is 0.856. The van der Waals surface area contributed by atoms with E-state index >= 15 is 0 Å². The minimum absolute atomic E-state index is 0.367. The number of nitrogens with zero attached hydrogens (tertiary/aromatic N) is 1. The van der Waals surface area contributed by atoms with Crippen molar-refractivity contribution in [3.63, 3.8) is 0 Å². The van der Waals surface area contributed by atoms with Crippen LogP contribution in [0.5, 0.6) is 5.75 Å². The average molecular weight is 262 g/mol. The number of aromatic hydroxyl groups is 1. The fourth-order valence-corrected chi connectivity index (χ4v) is 2.76. The number of benzene rings is 1. The van der Waals surface area contributed by atoms with Gasteiger partial charge in [0.05, 0.1) is 0 Å². The van der Waals surface area contributed by atoms with Crippen LogP contribution in [0.25, 0.3) is 0 Å². The number of likely N-dealkylation sites (tertiary alicyclic amines) is 1. The number of nitrogens with one attached hydrogen (secondary N) is 1. The molecule has 2 N–H and O–H groups in total. The van der Waals surface area contributed by atoms with Crippen molar-refractivity contribution >= 4 is 0 Å². The Hall–Kier alpha value is -1.06. The van der Waals surface area contributed by atoms with E-state index < -0.39 is 0 Å². The molecule has 0 saturated carbocycles. The van der Waals surface area contributed by atoms with E-state index in [-0.39, 0.29) is 0 Å². The molecule has 0 radical (unpaired) electrons. The van der Waals surface area contributed by atoms with E-state index in [2.05, 4.69) is 30.1 Å². The van der Waals surface area contributed by atoms with Crippen LogP contribution in [-0.4, -0.2) is 35.2 Å². The lowest BCUT2D eigenvalue weighted by atomic mass is 10.0. The summed E-state index contributed by atoms with van der Waals surface area (Å²) in [5.74, 6) is 0.367. The summed E-state index contributed by atoms with van der Waals surface area (Å²) in [6, 6.07) is 8.80. The summed E-state index contributed by atoms with van der Waals surface area (Å²) in [5, 5.41) is 13.1. The third kappa shape index (κ3) is 4.51. The molecule has 19 heavy (non-hydrogen) atoms. The first-order chi connectivity index (χ1) is 9.15. The van der Waals surface area contributed by atoms with Crippen LogP contribution in [0.1, 0.15) is 38.7 Å². The maximum Gasteiger partial charge on any atom is 0.115 e. The lowest BCUT2D eigenvalue weighted by Crippen LogP contribution is -2.46. The molecule has 3 heteroatoms. The van der Waals surface area contributed by atoms with Crippen molar-refractivity contribution in [2.75, 3.05) is 13.1 Å². The highest BCUT2D eigenvalue weighted by Crippen LogP contribution is 2.20. The normalized spacial score (nSPS) is 20.9. The Morgan fingerprint density at radius 1 is 1.37 bits per heavy atom. The number of rotatable bonds is 5. The summed E-state index contributed by atoms with van der Waals surface area (Å²) in [6.45, 7) is 7.57. The lowest BCUT2D eigenvalue weighted by molar-refractivity contribution is 0.135. The summed E-state index contributed by atoms with van der Waals surface area (Å²) in [7, 11) is 0.